The molecule has 0 fully saturated rings. The summed E-state index contributed by atoms with van der Waals surface area (Å²) in [6.45, 7) is 8.57. The maximum absolute atomic E-state index is 9.12. The Morgan fingerprint density at radius 3 is 2.33 bits per heavy atom. The second kappa shape index (κ2) is 5.17. The van der Waals surface area contributed by atoms with Gasteiger partial charge in [-0.05, 0) is 50.5 Å². The summed E-state index contributed by atoms with van der Waals surface area (Å²) in [5.74, 6) is 0.929. The largest absolute Gasteiger partial charge is 0.493 e. The highest BCUT2D eigenvalue weighted by atomic mass is 16.5. The van der Waals surface area contributed by atoms with Crippen LogP contribution < -0.4 is 4.74 Å². The molecule has 15 heavy (non-hydrogen) atoms. The average Bonchev–Trinajstić information content (AvgIpc) is 2.13. The number of ether oxygens (including phenoxy) is 1. The molecule has 0 aliphatic rings. The molecule has 0 bridgehead atoms. The normalized spacial score (nSPS) is 12.6. The van der Waals surface area contributed by atoms with Gasteiger partial charge in [-0.3, -0.25) is 0 Å². The summed E-state index contributed by atoms with van der Waals surface area (Å²) >= 11 is 0. The Bertz CT molecular complexity index is 330. The molecule has 0 saturated heterocycles. The van der Waals surface area contributed by atoms with Gasteiger partial charge in [-0.1, -0.05) is 6.07 Å². The van der Waals surface area contributed by atoms with Gasteiger partial charge >= 0.3 is 0 Å². The molecular formula is C13H20O2. The molecule has 1 unspecified atom stereocenters. The zero-order chi connectivity index (χ0) is 11.4. The number of aryl methyl sites for hydroxylation is 3. The van der Waals surface area contributed by atoms with Crippen LogP contribution in [0.15, 0.2) is 12.1 Å². The van der Waals surface area contributed by atoms with Gasteiger partial charge in [-0.15, -0.1) is 0 Å². The third-order valence-corrected chi connectivity index (χ3v) is 2.58. The molecule has 0 aliphatic carbocycles. The molecule has 1 aromatic rings. The van der Waals surface area contributed by atoms with Crippen LogP contribution in [-0.2, 0) is 0 Å². The van der Waals surface area contributed by atoms with Crippen molar-refractivity contribution < 1.29 is 9.84 Å². The molecule has 0 aliphatic heterocycles. The summed E-state index contributed by atoms with van der Waals surface area (Å²) in [4.78, 5) is 0. The lowest BCUT2D eigenvalue weighted by atomic mass is 10.1. The monoisotopic (exact) mass is 208 g/mol. The first-order chi connectivity index (χ1) is 7.00. The molecule has 1 atom stereocenters. The first kappa shape index (κ1) is 12.1. The molecule has 2 nitrogen and oxygen atoms in total. The molecule has 1 aromatic carbocycles. The number of hydrogen-bond acceptors (Lipinski definition) is 2. The maximum atomic E-state index is 9.12. The summed E-state index contributed by atoms with van der Waals surface area (Å²) < 4.78 is 5.62. The Morgan fingerprint density at radius 2 is 1.73 bits per heavy atom. The van der Waals surface area contributed by atoms with Gasteiger partial charge in [0.05, 0.1) is 12.7 Å². The van der Waals surface area contributed by atoms with Crippen LogP contribution in [0.1, 0.15) is 30.0 Å². The summed E-state index contributed by atoms with van der Waals surface area (Å²) in [5, 5.41) is 9.12. The van der Waals surface area contributed by atoms with Crippen molar-refractivity contribution >= 4 is 0 Å². The van der Waals surface area contributed by atoms with Gasteiger partial charge in [0.25, 0.3) is 0 Å². The van der Waals surface area contributed by atoms with Gasteiger partial charge in [0.15, 0.2) is 0 Å². The standard InChI is InChI=1S/C13H20O2/c1-9-7-11(3)13(8-10(9)2)15-6-5-12(4)14/h7-8,12,14H,5-6H2,1-4H3. The zero-order valence-corrected chi connectivity index (χ0v) is 10.0. The highest BCUT2D eigenvalue weighted by Gasteiger charge is 2.03. The van der Waals surface area contributed by atoms with Crippen molar-refractivity contribution in [3.63, 3.8) is 0 Å². The molecule has 0 spiro atoms. The van der Waals surface area contributed by atoms with Crippen LogP contribution >= 0.6 is 0 Å². The van der Waals surface area contributed by atoms with E-state index in [2.05, 4.69) is 26.0 Å². The number of benzene rings is 1. The van der Waals surface area contributed by atoms with E-state index < -0.39 is 0 Å². The summed E-state index contributed by atoms with van der Waals surface area (Å²) in [7, 11) is 0. The van der Waals surface area contributed by atoms with Crippen molar-refractivity contribution in [1.29, 1.82) is 0 Å². The fourth-order valence-electron chi connectivity index (χ4n) is 1.43. The number of hydrogen-bond donors (Lipinski definition) is 1. The van der Waals surface area contributed by atoms with E-state index in [1.165, 1.54) is 11.1 Å². The molecule has 1 rings (SSSR count). The van der Waals surface area contributed by atoms with E-state index in [4.69, 9.17) is 9.84 Å². The predicted molar refractivity (Wildman–Crippen MR) is 62.4 cm³/mol. The Kier molecular flexibility index (Phi) is 4.15. The Balaban J connectivity index is 2.65. The van der Waals surface area contributed by atoms with Gasteiger partial charge in [-0.25, -0.2) is 0 Å². The minimum absolute atomic E-state index is 0.295. The second-order valence-electron chi connectivity index (χ2n) is 4.19. The first-order valence-corrected chi connectivity index (χ1v) is 5.39. The molecule has 0 saturated carbocycles. The Labute approximate surface area is 91.9 Å². The van der Waals surface area contributed by atoms with E-state index in [0.717, 1.165) is 11.3 Å². The fraction of sp³-hybridized carbons (Fsp3) is 0.538. The molecule has 0 heterocycles. The van der Waals surface area contributed by atoms with Crippen LogP contribution in [0, 0.1) is 20.8 Å². The van der Waals surface area contributed by atoms with E-state index in [9.17, 15) is 0 Å². The van der Waals surface area contributed by atoms with E-state index in [0.29, 0.717) is 13.0 Å². The van der Waals surface area contributed by atoms with Crippen molar-refractivity contribution in [2.75, 3.05) is 6.61 Å². The van der Waals surface area contributed by atoms with E-state index in [1.54, 1.807) is 6.92 Å². The maximum Gasteiger partial charge on any atom is 0.122 e. The minimum Gasteiger partial charge on any atom is -0.493 e. The molecule has 1 N–H and O–H groups in total. The summed E-state index contributed by atoms with van der Waals surface area (Å²) in [5.41, 5.74) is 3.69. The lowest BCUT2D eigenvalue weighted by Gasteiger charge is -2.12. The van der Waals surface area contributed by atoms with Gasteiger partial charge < -0.3 is 9.84 Å². The average molecular weight is 208 g/mol. The van der Waals surface area contributed by atoms with E-state index >= 15 is 0 Å². The van der Waals surface area contributed by atoms with Crippen molar-refractivity contribution in [1.82, 2.24) is 0 Å². The van der Waals surface area contributed by atoms with Crippen LogP contribution in [-0.4, -0.2) is 17.8 Å². The third-order valence-electron chi connectivity index (χ3n) is 2.58. The van der Waals surface area contributed by atoms with Gasteiger partial charge in [0.2, 0.25) is 0 Å². The van der Waals surface area contributed by atoms with Crippen molar-refractivity contribution in [3.05, 3.63) is 28.8 Å². The highest BCUT2D eigenvalue weighted by Crippen LogP contribution is 2.22. The van der Waals surface area contributed by atoms with Crippen LogP contribution in [0.25, 0.3) is 0 Å². The van der Waals surface area contributed by atoms with Gasteiger partial charge in [-0.2, -0.15) is 0 Å². The molecule has 0 amide bonds. The Morgan fingerprint density at radius 1 is 1.13 bits per heavy atom. The minimum atomic E-state index is -0.295. The third kappa shape index (κ3) is 3.56. The molecule has 0 aromatic heterocycles. The van der Waals surface area contributed by atoms with Gasteiger partial charge in [0, 0.05) is 6.42 Å². The summed E-state index contributed by atoms with van der Waals surface area (Å²) in [6.07, 6.45) is 0.378. The smallest absolute Gasteiger partial charge is 0.122 e. The van der Waals surface area contributed by atoms with Crippen LogP contribution in [0.4, 0.5) is 0 Å². The quantitative estimate of drug-likeness (QED) is 0.824. The topological polar surface area (TPSA) is 29.5 Å². The van der Waals surface area contributed by atoms with Crippen LogP contribution in [0.2, 0.25) is 0 Å². The SMILES string of the molecule is Cc1cc(C)c(OCCC(C)O)cc1C. The first-order valence-electron chi connectivity index (χ1n) is 5.39. The zero-order valence-electron chi connectivity index (χ0n) is 10.0. The lowest BCUT2D eigenvalue weighted by molar-refractivity contribution is 0.155. The number of aliphatic hydroxyl groups is 1. The Hall–Kier alpha value is -1.02. The number of rotatable bonds is 4. The van der Waals surface area contributed by atoms with E-state index in [-0.39, 0.29) is 6.10 Å². The highest BCUT2D eigenvalue weighted by molar-refractivity contribution is 5.40. The van der Waals surface area contributed by atoms with Crippen LogP contribution in [0.3, 0.4) is 0 Å². The number of aliphatic hydroxyl groups excluding tert-OH is 1. The fourth-order valence-corrected chi connectivity index (χ4v) is 1.43. The van der Waals surface area contributed by atoms with Crippen LogP contribution in [0.5, 0.6) is 5.75 Å². The van der Waals surface area contributed by atoms with Gasteiger partial charge in [0.1, 0.15) is 5.75 Å². The van der Waals surface area contributed by atoms with E-state index in [1.807, 2.05) is 6.92 Å². The van der Waals surface area contributed by atoms with Crippen molar-refractivity contribution in [2.24, 2.45) is 0 Å². The van der Waals surface area contributed by atoms with Crippen molar-refractivity contribution in [3.8, 4) is 5.75 Å². The van der Waals surface area contributed by atoms with Crippen molar-refractivity contribution in [2.45, 2.75) is 40.2 Å². The molecule has 0 radical (unpaired) electrons. The molecular weight excluding hydrogens is 188 g/mol. The molecule has 2 heteroatoms. The molecule has 84 valence electrons. The second-order valence-corrected chi connectivity index (χ2v) is 4.19. The lowest BCUT2D eigenvalue weighted by Crippen LogP contribution is -2.08. The predicted octanol–water partition coefficient (Wildman–Crippen LogP) is 2.76. The summed E-state index contributed by atoms with van der Waals surface area (Å²) in [6, 6.07) is 4.19.